The highest BCUT2D eigenvalue weighted by molar-refractivity contribution is 6.39. The van der Waals surface area contributed by atoms with E-state index in [2.05, 4.69) is 15.0 Å². The van der Waals surface area contributed by atoms with E-state index in [9.17, 15) is 9.59 Å². The van der Waals surface area contributed by atoms with Crippen LogP contribution < -0.4 is 9.47 Å². The normalized spacial score (nSPS) is 10.6. The number of pyridine rings is 3. The summed E-state index contributed by atoms with van der Waals surface area (Å²) in [6, 6.07) is 10.6. The molecule has 0 unspecified atom stereocenters. The zero-order valence-electron chi connectivity index (χ0n) is 18.1. The van der Waals surface area contributed by atoms with E-state index < -0.39 is 0 Å². The summed E-state index contributed by atoms with van der Waals surface area (Å²) in [5.74, 6) is 0.662. The van der Waals surface area contributed by atoms with Crippen LogP contribution in [-0.4, -0.2) is 41.7 Å². The van der Waals surface area contributed by atoms with Gasteiger partial charge in [-0.1, -0.05) is 41.4 Å². The largest absolute Gasteiger partial charge is 0.494 e. The van der Waals surface area contributed by atoms with Gasteiger partial charge in [-0.05, 0) is 18.2 Å². The molecule has 0 aliphatic heterocycles. The quantitative estimate of drug-likeness (QED) is 0.299. The second-order valence-electron chi connectivity index (χ2n) is 7.05. The molecule has 170 valence electrons. The van der Waals surface area contributed by atoms with Gasteiger partial charge in [0.1, 0.15) is 22.9 Å². The lowest BCUT2D eigenvalue weighted by molar-refractivity contribution is 0.110. The number of nitrogens with zero attached hydrogens (tertiary/aromatic N) is 3. The molecule has 0 saturated carbocycles. The van der Waals surface area contributed by atoms with Gasteiger partial charge in [0.05, 0.1) is 30.0 Å². The van der Waals surface area contributed by atoms with Crippen molar-refractivity contribution in [2.75, 3.05) is 14.2 Å². The van der Waals surface area contributed by atoms with Crippen LogP contribution in [0.3, 0.4) is 0 Å². The first-order valence-electron chi connectivity index (χ1n) is 9.94. The lowest BCUT2D eigenvalue weighted by atomic mass is 9.98. The topological polar surface area (TPSA) is 91.3 Å². The SMILES string of the molecule is COc1cc(-c2cccc(-c3ccnc(-c4cnc(C=O)c(OC)c4)c3Cl)c2Cl)cnc1C=O. The Hall–Kier alpha value is -3.81. The number of carbonyl (C=O) groups excluding carboxylic acids is 2. The van der Waals surface area contributed by atoms with Crippen molar-refractivity contribution in [1.29, 1.82) is 0 Å². The van der Waals surface area contributed by atoms with Crippen molar-refractivity contribution in [1.82, 2.24) is 15.0 Å². The van der Waals surface area contributed by atoms with Crippen LogP contribution in [0.25, 0.3) is 33.5 Å². The lowest BCUT2D eigenvalue weighted by Crippen LogP contribution is -1.97. The maximum atomic E-state index is 11.2. The van der Waals surface area contributed by atoms with Gasteiger partial charge in [0, 0.05) is 46.4 Å². The van der Waals surface area contributed by atoms with E-state index in [1.807, 2.05) is 18.2 Å². The highest BCUT2D eigenvalue weighted by Gasteiger charge is 2.18. The maximum Gasteiger partial charge on any atom is 0.172 e. The number of hydrogen-bond acceptors (Lipinski definition) is 7. The van der Waals surface area contributed by atoms with E-state index in [1.165, 1.54) is 20.4 Å². The predicted molar refractivity (Wildman–Crippen MR) is 130 cm³/mol. The smallest absolute Gasteiger partial charge is 0.172 e. The molecule has 0 saturated heterocycles. The monoisotopic (exact) mass is 493 g/mol. The summed E-state index contributed by atoms with van der Waals surface area (Å²) in [4.78, 5) is 35.0. The molecular formula is C25H17Cl2N3O4. The molecule has 0 amide bonds. The summed E-state index contributed by atoms with van der Waals surface area (Å²) >= 11 is 13.6. The fourth-order valence-corrected chi connectivity index (χ4v) is 4.17. The van der Waals surface area contributed by atoms with Crippen LogP contribution in [-0.2, 0) is 0 Å². The first kappa shape index (κ1) is 23.4. The molecule has 7 nitrogen and oxygen atoms in total. The molecular weight excluding hydrogens is 477 g/mol. The number of ether oxygens (including phenoxy) is 2. The van der Waals surface area contributed by atoms with Gasteiger partial charge in [-0.2, -0.15) is 0 Å². The van der Waals surface area contributed by atoms with Crippen LogP contribution in [0, 0.1) is 0 Å². The Bertz CT molecular complexity index is 1300. The minimum absolute atomic E-state index is 0.180. The number of halogens is 2. The Morgan fingerprint density at radius 1 is 0.735 bits per heavy atom. The van der Waals surface area contributed by atoms with Crippen molar-refractivity contribution < 1.29 is 19.1 Å². The fraction of sp³-hybridized carbons (Fsp3) is 0.0800. The Morgan fingerprint density at radius 3 is 1.91 bits per heavy atom. The van der Waals surface area contributed by atoms with E-state index in [0.717, 1.165) is 0 Å². The van der Waals surface area contributed by atoms with Crippen LogP contribution in [0.15, 0.2) is 55.0 Å². The van der Waals surface area contributed by atoms with Gasteiger partial charge in [0.25, 0.3) is 0 Å². The molecule has 0 bridgehead atoms. The highest BCUT2D eigenvalue weighted by atomic mass is 35.5. The van der Waals surface area contributed by atoms with Crippen LogP contribution in [0.5, 0.6) is 11.5 Å². The van der Waals surface area contributed by atoms with Gasteiger partial charge in [-0.15, -0.1) is 0 Å². The summed E-state index contributed by atoms with van der Waals surface area (Å²) in [5.41, 5.74) is 4.12. The third-order valence-electron chi connectivity index (χ3n) is 5.19. The van der Waals surface area contributed by atoms with Gasteiger partial charge in [-0.25, -0.2) is 9.97 Å². The van der Waals surface area contributed by atoms with Crippen LogP contribution >= 0.6 is 23.2 Å². The van der Waals surface area contributed by atoms with Crippen molar-refractivity contribution in [3.8, 4) is 45.0 Å². The first-order chi connectivity index (χ1) is 16.5. The minimum atomic E-state index is 0.180. The zero-order chi connectivity index (χ0) is 24.2. The summed E-state index contributed by atoms with van der Waals surface area (Å²) in [5, 5.41) is 0.799. The molecule has 0 N–H and O–H groups in total. The number of rotatable bonds is 7. The number of carbonyl (C=O) groups is 2. The average molecular weight is 494 g/mol. The van der Waals surface area contributed by atoms with E-state index in [1.54, 1.807) is 30.6 Å². The van der Waals surface area contributed by atoms with E-state index in [4.69, 9.17) is 32.7 Å². The molecule has 0 fully saturated rings. The van der Waals surface area contributed by atoms with Crippen molar-refractivity contribution >= 4 is 35.8 Å². The molecule has 1 aromatic carbocycles. The van der Waals surface area contributed by atoms with E-state index >= 15 is 0 Å². The van der Waals surface area contributed by atoms with Crippen molar-refractivity contribution in [2.24, 2.45) is 0 Å². The number of hydrogen-bond donors (Lipinski definition) is 0. The van der Waals surface area contributed by atoms with Gasteiger partial charge < -0.3 is 9.47 Å². The third-order valence-corrected chi connectivity index (χ3v) is 5.98. The van der Waals surface area contributed by atoms with Gasteiger partial charge in [0.15, 0.2) is 12.6 Å². The van der Waals surface area contributed by atoms with Gasteiger partial charge in [0.2, 0.25) is 0 Å². The van der Waals surface area contributed by atoms with Crippen molar-refractivity contribution in [3.63, 3.8) is 0 Å². The third kappa shape index (κ3) is 4.23. The molecule has 0 radical (unpaired) electrons. The van der Waals surface area contributed by atoms with Gasteiger partial charge >= 0.3 is 0 Å². The van der Waals surface area contributed by atoms with E-state index in [-0.39, 0.29) is 11.4 Å². The Labute approximate surface area is 205 Å². The second-order valence-corrected chi connectivity index (χ2v) is 7.80. The Kier molecular flexibility index (Phi) is 6.86. The maximum absolute atomic E-state index is 11.2. The van der Waals surface area contributed by atoms with Crippen LogP contribution in [0.1, 0.15) is 21.0 Å². The molecule has 3 aromatic heterocycles. The number of benzene rings is 1. The Morgan fingerprint density at radius 2 is 1.29 bits per heavy atom. The standard InChI is InChI=1S/C25H17Cl2N3O4/c1-33-21-8-14(10-29-19(21)12-31)16-4-3-5-17(23(16)26)18-6-7-28-25(24(18)27)15-9-22(34-2)20(13-32)30-11-15/h3-13H,1-2H3. The Balaban J connectivity index is 1.83. The molecule has 3 heterocycles. The minimum Gasteiger partial charge on any atom is -0.494 e. The first-order valence-corrected chi connectivity index (χ1v) is 10.7. The summed E-state index contributed by atoms with van der Waals surface area (Å²) in [6.45, 7) is 0. The zero-order valence-corrected chi connectivity index (χ0v) is 19.6. The van der Waals surface area contributed by atoms with Crippen molar-refractivity contribution in [2.45, 2.75) is 0 Å². The molecule has 4 rings (SSSR count). The lowest BCUT2D eigenvalue weighted by Gasteiger charge is -2.14. The molecule has 0 aliphatic rings. The van der Waals surface area contributed by atoms with Gasteiger partial charge in [-0.3, -0.25) is 14.6 Å². The number of methoxy groups -OCH3 is 2. The summed E-state index contributed by atoms with van der Waals surface area (Å²) in [7, 11) is 2.92. The van der Waals surface area contributed by atoms with Crippen LogP contribution in [0.2, 0.25) is 10.0 Å². The predicted octanol–water partition coefficient (Wildman–Crippen LogP) is 5.82. The van der Waals surface area contributed by atoms with Crippen LogP contribution in [0.4, 0.5) is 0 Å². The average Bonchev–Trinajstić information content (AvgIpc) is 2.88. The van der Waals surface area contributed by atoms with E-state index in [0.29, 0.717) is 67.6 Å². The molecule has 34 heavy (non-hydrogen) atoms. The molecule has 9 heteroatoms. The number of aromatic nitrogens is 3. The molecule has 0 atom stereocenters. The fourth-order valence-electron chi connectivity index (χ4n) is 3.51. The molecule has 4 aromatic rings. The highest BCUT2D eigenvalue weighted by Crippen LogP contribution is 2.42. The molecule has 0 spiro atoms. The summed E-state index contributed by atoms with van der Waals surface area (Å²) in [6.07, 6.45) is 5.93. The molecule has 0 aliphatic carbocycles. The van der Waals surface area contributed by atoms with Crippen molar-refractivity contribution in [3.05, 3.63) is 76.4 Å². The second kappa shape index (κ2) is 9.99. The number of aldehydes is 2. The summed E-state index contributed by atoms with van der Waals surface area (Å²) < 4.78 is 10.5.